The molecule has 1 aromatic rings. The molecular formula is C7H8BrFN2. The molecule has 0 radical (unpaired) electrons. The van der Waals surface area contributed by atoms with Crippen molar-refractivity contribution >= 4 is 15.9 Å². The van der Waals surface area contributed by atoms with E-state index in [1.54, 1.807) is 13.2 Å². The third-order valence-corrected chi connectivity index (χ3v) is 1.82. The van der Waals surface area contributed by atoms with Crippen molar-refractivity contribution in [3.8, 4) is 0 Å². The highest BCUT2D eigenvalue weighted by Crippen LogP contribution is 2.12. The summed E-state index contributed by atoms with van der Waals surface area (Å²) in [5.41, 5.74) is 0.841. The third kappa shape index (κ3) is 2.24. The molecule has 0 aliphatic heterocycles. The maximum absolute atomic E-state index is 12.8. The first-order valence-electron chi connectivity index (χ1n) is 3.18. The first-order valence-corrected chi connectivity index (χ1v) is 3.98. The van der Waals surface area contributed by atoms with Crippen LogP contribution in [0.25, 0.3) is 0 Å². The number of nitrogens with one attached hydrogen (secondary N) is 1. The van der Waals surface area contributed by atoms with Crippen molar-refractivity contribution in [1.29, 1.82) is 0 Å². The number of halogens is 2. The normalized spacial score (nSPS) is 10.1. The molecule has 0 saturated heterocycles. The molecule has 1 rings (SSSR count). The lowest BCUT2D eigenvalue weighted by Crippen LogP contribution is -2.05. The van der Waals surface area contributed by atoms with Crippen LogP contribution in [0.15, 0.2) is 16.9 Å². The Balaban J connectivity index is 2.86. The predicted molar refractivity (Wildman–Crippen MR) is 44.7 cm³/mol. The zero-order valence-electron chi connectivity index (χ0n) is 6.06. The fraction of sp³-hybridized carbons (Fsp3) is 0.286. The van der Waals surface area contributed by atoms with Crippen LogP contribution in [0.3, 0.4) is 0 Å². The lowest BCUT2D eigenvalue weighted by molar-refractivity contribution is 0.608. The van der Waals surface area contributed by atoms with E-state index in [1.807, 2.05) is 0 Å². The minimum absolute atomic E-state index is 0.261. The van der Waals surface area contributed by atoms with Crippen LogP contribution >= 0.6 is 15.9 Å². The summed E-state index contributed by atoms with van der Waals surface area (Å²) >= 11 is 2.97. The maximum Gasteiger partial charge on any atom is 0.156 e. The van der Waals surface area contributed by atoms with E-state index in [-0.39, 0.29) is 10.4 Å². The smallest absolute Gasteiger partial charge is 0.156 e. The van der Waals surface area contributed by atoms with Crippen LogP contribution in [0.2, 0.25) is 0 Å². The predicted octanol–water partition coefficient (Wildman–Crippen LogP) is 1.70. The van der Waals surface area contributed by atoms with Crippen LogP contribution in [-0.4, -0.2) is 12.0 Å². The fourth-order valence-corrected chi connectivity index (χ4v) is 0.978. The number of rotatable bonds is 2. The molecule has 1 N–H and O–H groups in total. The van der Waals surface area contributed by atoms with Gasteiger partial charge in [-0.3, -0.25) is 0 Å². The SMILES string of the molecule is CNCc1cnc(Br)c(F)c1. The van der Waals surface area contributed by atoms with Gasteiger partial charge >= 0.3 is 0 Å². The molecule has 0 aliphatic carbocycles. The van der Waals surface area contributed by atoms with Crippen molar-refractivity contribution in [2.24, 2.45) is 0 Å². The Kier molecular flexibility index (Phi) is 2.96. The molecule has 2 nitrogen and oxygen atoms in total. The van der Waals surface area contributed by atoms with Crippen molar-refractivity contribution in [3.63, 3.8) is 0 Å². The van der Waals surface area contributed by atoms with Crippen molar-refractivity contribution in [3.05, 3.63) is 28.2 Å². The average molecular weight is 219 g/mol. The van der Waals surface area contributed by atoms with Gasteiger partial charge in [-0.25, -0.2) is 9.37 Å². The first-order chi connectivity index (χ1) is 5.24. The Morgan fingerprint density at radius 2 is 2.45 bits per heavy atom. The maximum atomic E-state index is 12.8. The fourth-order valence-electron chi connectivity index (χ4n) is 0.762. The lowest BCUT2D eigenvalue weighted by atomic mass is 10.3. The van der Waals surface area contributed by atoms with Crippen molar-refractivity contribution in [1.82, 2.24) is 10.3 Å². The van der Waals surface area contributed by atoms with Gasteiger partial charge in [-0.05, 0) is 34.6 Å². The van der Waals surface area contributed by atoms with Gasteiger partial charge in [-0.2, -0.15) is 0 Å². The number of hydrogen-bond acceptors (Lipinski definition) is 2. The summed E-state index contributed by atoms with van der Waals surface area (Å²) in [6.45, 7) is 0.636. The summed E-state index contributed by atoms with van der Waals surface area (Å²) in [4.78, 5) is 3.80. The largest absolute Gasteiger partial charge is 0.316 e. The molecule has 0 saturated carbocycles. The van der Waals surface area contributed by atoms with Crippen LogP contribution in [0.1, 0.15) is 5.56 Å². The molecule has 0 aromatic carbocycles. The summed E-state index contributed by atoms with van der Waals surface area (Å²) in [7, 11) is 1.81. The van der Waals surface area contributed by atoms with Crippen LogP contribution in [0.4, 0.5) is 4.39 Å². The topological polar surface area (TPSA) is 24.9 Å². The molecule has 0 unspecified atom stereocenters. The van der Waals surface area contributed by atoms with Gasteiger partial charge in [0.05, 0.1) is 0 Å². The van der Waals surface area contributed by atoms with E-state index < -0.39 is 0 Å². The molecule has 60 valence electrons. The van der Waals surface area contributed by atoms with Crippen molar-refractivity contribution in [2.75, 3.05) is 7.05 Å². The minimum Gasteiger partial charge on any atom is -0.316 e. The zero-order chi connectivity index (χ0) is 8.27. The summed E-state index contributed by atoms with van der Waals surface area (Å²) in [6.07, 6.45) is 1.63. The Hall–Kier alpha value is -0.480. The second-order valence-corrected chi connectivity index (χ2v) is 2.90. The van der Waals surface area contributed by atoms with Crippen molar-refractivity contribution in [2.45, 2.75) is 6.54 Å². The Morgan fingerprint density at radius 3 is 3.00 bits per heavy atom. The molecule has 0 atom stereocenters. The summed E-state index contributed by atoms with van der Waals surface area (Å²) in [5.74, 6) is -0.322. The Labute approximate surface area is 73.0 Å². The zero-order valence-corrected chi connectivity index (χ0v) is 7.65. The van der Waals surface area contributed by atoms with Crippen LogP contribution in [0.5, 0.6) is 0 Å². The first kappa shape index (κ1) is 8.62. The molecule has 1 aromatic heterocycles. The number of aromatic nitrogens is 1. The molecule has 0 spiro atoms. The van der Waals surface area contributed by atoms with Gasteiger partial charge in [0.1, 0.15) is 4.60 Å². The number of pyridine rings is 1. The highest BCUT2D eigenvalue weighted by Gasteiger charge is 2.00. The summed E-state index contributed by atoms with van der Waals surface area (Å²) < 4.78 is 13.0. The van der Waals surface area contributed by atoms with Gasteiger partial charge in [0.15, 0.2) is 5.82 Å². The molecule has 0 amide bonds. The van der Waals surface area contributed by atoms with E-state index in [1.165, 1.54) is 6.07 Å². The molecule has 1 heterocycles. The quantitative estimate of drug-likeness (QED) is 0.765. The molecule has 4 heteroatoms. The van der Waals surface area contributed by atoms with E-state index in [0.29, 0.717) is 6.54 Å². The van der Waals surface area contributed by atoms with E-state index >= 15 is 0 Å². The average Bonchev–Trinajstić information content (AvgIpc) is 1.98. The Morgan fingerprint density at radius 1 is 1.73 bits per heavy atom. The monoisotopic (exact) mass is 218 g/mol. The van der Waals surface area contributed by atoms with Gasteiger partial charge < -0.3 is 5.32 Å². The van der Waals surface area contributed by atoms with Crippen LogP contribution in [0, 0.1) is 5.82 Å². The van der Waals surface area contributed by atoms with Gasteiger partial charge in [0.2, 0.25) is 0 Å². The number of hydrogen-bond donors (Lipinski definition) is 1. The molecule has 0 fully saturated rings. The van der Waals surface area contributed by atoms with Crippen LogP contribution in [-0.2, 0) is 6.54 Å². The van der Waals surface area contributed by atoms with Crippen molar-refractivity contribution < 1.29 is 4.39 Å². The van der Waals surface area contributed by atoms with E-state index in [9.17, 15) is 4.39 Å². The third-order valence-electron chi connectivity index (χ3n) is 1.23. The molecule has 11 heavy (non-hydrogen) atoms. The molecule has 0 bridgehead atoms. The second-order valence-electron chi connectivity index (χ2n) is 2.15. The standard InChI is InChI=1S/C7H8BrFN2/c1-10-3-5-2-6(9)7(8)11-4-5/h2,4,10H,3H2,1H3. The molecular weight excluding hydrogens is 211 g/mol. The van der Waals surface area contributed by atoms with E-state index in [2.05, 4.69) is 26.2 Å². The highest BCUT2D eigenvalue weighted by atomic mass is 79.9. The van der Waals surface area contributed by atoms with Gasteiger partial charge in [0.25, 0.3) is 0 Å². The van der Waals surface area contributed by atoms with Gasteiger partial charge in [-0.1, -0.05) is 0 Å². The highest BCUT2D eigenvalue weighted by molar-refractivity contribution is 9.10. The lowest BCUT2D eigenvalue weighted by Gasteiger charge is -1.99. The van der Waals surface area contributed by atoms with Gasteiger partial charge in [0, 0.05) is 12.7 Å². The van der Waals surface area contributed by atoms with Crippen LogP contribution < -0.4 is 5.32 Å². The Bertz CT molecular complexity index is 252. The number of nitrogens with zero attached hydrogens (tertiary/aromatic N) is 1. The summed E-state index contributed by atoms with van der Waals surface area (Å²) in [5, 5.41) is 2.91. The van der Waals surface area contributed by atoms with E-state index in [0.717, 1.165) is 5.56 Å². The second kappa shape index (κ2) is 3.78. The summed E-state index contributed by atoms with van der Waals surface area (Å²) in [6, 6.07) is 1.45. The van der Waals surface area contributed by atoms with E-state index in [4.69, 9.17) is 0 Å². The van der Waals surface area contributed by atoms with Gasteiger partial charge in [-0.15, -0.1) is 0 Å². The minimum atomic E-state index is -0.322. The molecule has 0 aliphatic rings.